The molecule has 0 rings (SSSR count). The fourth-order valence-corrected chi connectivity index (χ4v) is 2.51. The van der Waals surface area contributed by atoms with Crippen LogP contribution in [0.3, 0.4) is 0 Å². The molecule has 0 spiro atoms. The maximum Gasteiger partial charge on any atom is 0.0238 e. The first-order valence-electron chi connectivity index (χ1n) is 5.76. The topological polar surface area (TPSA) is 43.4 Å². The molecule has 3 unspecified atom stereocenters. The van der Waals surface area contributed by atoms with Gasteiger partial charge in [0.2, 0.25) is 0 Å². The Bertz CT molecular complexity index is 233. The lowest BCUT2D eigenvalue weighted by Gasteiger charge is -2.46. The Morgan fingerprint density at radius 2 is 1.19 bits per heavy atom. The largest absolute Gasteiger partial charge is 0.760 e. The molecule has 98 valence electrons. The fraction of sp³-hybridized carbons (Fsp3) is 1.00. The molecule has 0 saturated carbocycles. The van der Waals surface area contributed by atoms with Crippen LogP contribution in [0.5, 0.6) is 0 Å². The smallest absolute Gasteiger partial charge is 0.0238 e. The Balaban J connectivity index is 5.11. The van der Waals surface area contributed by atoms with Gasteiger partial charge in [0.25, 0.3) is 0 Å². The van der Waals surface area contributed by atoms with E-state index in [0.29, 0.717) is 0 Å². The van der Waals surface area contributed by atoms with Crippen LogP contribution in [0.1, 0.15) is 55.4 Å². The van der Waals surface area contributed by atoms with E-state index in [2.05, 4.69) is 41.5 Å². The van der Waals surface area contributed by atoms with Gasteiger partial charge in [-0.3, -0.25) is 4.21 Å². The Kier molecular flexibility index (Phi) is 5.17. The third kappa shape index (κ3) is 4.15. The molecule has 0 aromatic heterocycles. The normalized spacial score (nSPS) is 19.6. The first kappa shape index (κ1) is 16.1. The minimum absolute atomic E-state index is 0.0138. The molecule has 0 fully saturated rings. The summed E-state index contributed by atoms with van der Waals surface area (Å²) in [6.45, 7) is 16.3. The maximum absolute atomic E-state index is 11.4. The first-order chi connectivity index (χ1) is 6.89. The van der Waals surface area contributed by atoms with E-state index in [1.54, 1.807) is 4.31 Å². The molecule has 16 heavy (non-hydrogen) atoms. The highest BCUT2D eigenvalue weighted by molar-refractivity contribution is 7.76. The van der Waals surface area contributed by atoms with E-state index >= 15 is 0 Å². The Morgan fingerprint density at radius 3 is 1.31 bits per heavy atom. The zero-order valence-electron chi connectivity index (χ0n) is 11.8. The highest BCUT2D eigenvalue weighted by Crippen LogP contribution is 2.32. The standard InChI is InChI=1S/C12H27NO2S/c1-9(11(3,4)5)13(16(14)15)10(2)12(6,7)8/h9-10H,1-8H3,(H,14,15)/p-1. The second-order valence-corrected chi connectivity index (χ2v) is 7.52. The van der Waals surface area contributed by atoms with E-state index in [1.807, 2.05) is 13.8 Å². The van der Waals surface area contributed by atoms with Crippen molar-refractivity contribution < 1.29 is 8.76 Å². The third-order valence-corrected chi connectivity index (χ3v) is 4.42. The van der Waals surface area contributed by atoms with E-state index in [1.165, 1.54) is 0 Å². The van der Waals surface area contributed by atoms with Crippen molar-refractivity contribution in [3.8, 4) is 0 Å². The van der Waals surface area contributed by atoms with Crippen molar-refractivity contribution in [1.29, 1.82) is 0 Å². The van der Waals surface area contributed by atoms with Crippen molar-refractivity contribution in [2.75, 3.05) is 0 Å². The molecule has 3 atom stereocenters. The summed E-state index contributed by atoms with van der Waals surface area (Å²) in [5, 5.41) is 0. The molecular weight excluding hydrogens is 222 g/mol. The molecule has 0 bridgehead atoms. The summed E-state index contributed by atoms with van der Waals surface area (Å²) in [6, 6.07) is -0.0277. The van der Waals surface area contributed by atoms with Gasteiger partial charge in [0.1, 0.15) is 0 Å². The molecule has 0 aliphatic rings. The molecule has 0 N–H and O–H groups in total. The van der Waals surface area contributed by atoms with Crippen LogP contribution in [-0.4, -0.2) is 25.2 Å². The van der Waals surface area contributed by atoms with Gasteiger partial charge in [-0.1, -0.05) is 41.5 Å². The molecule has 4 heteroatoms. The van der Waals surface area contributed by atoms with Gasteiger partial charge in [-0.25, -0.2) is 4.31 Å². The van der Waals surface area contributed by atoms with Crippen molar-refractivity contribution >= 4 is 11.3 Å². The van der Waals surface area contributed by atoms with Gasteiger partial charge in [-0.15, -0.1) is 0 Å². The zero-order chi connectivity index (χ0) is 13.3. The molecule has 0 radical (unpaired) electrons. The Labute approximate surface area is 103 Å². The zero-order valence-corrected chi connectivity index (χ0v) is 12.6. The average Bonchev–Trinajstić information content (AvgIpc) is 1.99. The third-order valence-electron chi connectivity index (χ3n) is 3.44. The summed E-state index contributed by atoms with van der Waals surface area (Å²) in [4.78, 5) is 0. The SMILES string of the molecule is CC(N(C(C)C(C)(C)C)S(=O)[O-])C(C)(C)C. The summed E-state index contributed by atoms with van der Waals surface area (Å²) in [7, 11) is 0. The molecule has 0 aromatic carbocycles. The van der Waals surface area contributed by atoms with Crippen LogP contribution in [-0.2, 0) is 11.3 Å². The lowest BCUT2D eigenvalue weighted by Crippen LogP contribution is -2.51. The molecule has 0 aliphatic carbocycles. The average molecular weight is 248 g/mol. The van der Waals surface area contributed by atoms with Crippen molar-refractivity contribution in [2.24, 2.45) is 10.8 Å². The molecule has 0 saturated heterocycles. The molecule has 0 aliphatic heterocycles. The van der Waals surface area contributed by atoms with Gasteiger partial charge >= 0.3 is 0 Å². The van der Waals surface area contributed by atoms with E-state index < -0.39 is 11.3 Å². The van der Waals surface area contributed by atoms with Crippen molar-refractivity contribution in [2.45, 2.75) is 67.5 Å². The summed E-state index contributed by atoms with van der Waals surface area (Å²) < 4.78 is 24.4. The molecule has 3 nitrogen and oxygen atoms in total. The van der Waals surface area contributed by atoms with Crippen LogP contribution in [0.15, 0.2) is 0 Å². The van der Waals surface area contributed by atoms with Gasteiger partial charge in [0, 0.05) is 23.4 Å². The second kappa shape index (κ2) is 5.15. The van der Waals surface area contributed by atoms with Gasteiger partial charge in [-0.05, 0) is 24.7 Å². The van der Waals surface area contributed by atoms with Crippen molar-refractivity contribution in [3.05, 3.63) is 0 Å². The van der Waals surface area contributed by atoms with Crippen LogP contribution in [0, 0.1) is 10.8 Å². The molecule has 0 heterocycles. The molecule has 0 aromatic rings. The van der Waals surface area contributed by atoms with Crippen LogP contribution in [0.25, 0.3) is 0 Å². The van der Waals surface area contributed by atoms with Gasteiger partial charge in [0.15, 0.2) is 0 Å². The molecular formula is C12H26NO2S-. The number of rotatable bonds is 3. The second-order valence-electron chi connectivity index (χ2n) is 6.66. The minimum atomic E-state index is -2.17. The van der Waals surface area contributed by atoms with Crippen LogP contribution >= 0.6 is 0 Å². The Hall–Kier alpha value is 0.0700. The summed E-state index contributed by atoms with van der Waals surface area (Å²) in [6.07, 6.45) is 0. The predicted molar refractivity (Wildman–Crippen MR) is 68.6 cm³/mol. The van der Waals surface area contributed by atoms with Gasteiger partial charge < -0.3 is 4.55 Å². The van der Waals surface area contributed by atoms with E-state index in [-0.39, 0.29) is 22.9 Å². The summed E-state index contributed by atoms with van der Waals surface area (Å²) in [5.74, 6) is 0. The first-order valence-corrected chi connectivity index (χ1v) is 6.80. The summed E-state index contributed by atoms with van der Waals surface area (Å²) in [5.41, 5.74) is -0.112. The fourth-order valence-electron chi connectivity index (χ4n) is 1.36. The quantitative estimate of drug-likeness (QED) is 0.721. The maximum atomic E-state index is 11.4. The number of nitrogens with zero attached hydrogens (tertiary/aromatic N) is 1. The summed E-state index contributed by atoms with van der Waals surface area (Å²) >= 11 is -2.17. The van der Waals surface area contributed by atoms with Crippen molar-refractivity contribution in [1.82, 2.24) is 4.31 Å². The predicted octanol–water partition coefficient (Wildman–Crippen LogP) is 2.95. The van der Waals surface area contributed by atoms with E-state index in [9.17, 15) is 8.76 Å². The van der Waals surface area contributed by atoms with E-state index in [0.717, 1.165) is 0 Å². The number of hydrogen-bond donors (Lipinski definition) is 0. The van der Waals surface area contributed by atoms with Crippen LogP contribution in [0.4, 0.5) is 0 Å². The number of hydrogen-bond acceptors (Lipinski definition) is 2. The highest BCUT2D eigenvalue weighted by atomic mass is 32.2. The lowest BCUT2D eigenvalue weighted by molar-refractivity contribution is 0.0998. The van der Waals surface area contributed by atoms with Gasteiger partial charge in [-0.2, -0.15) is 0 Å². The van der Waals surface area contributed by atoms with Gasteiger partial charge in [0.05, 0.1) is 0 Å². The monoisotopic (exact) mass is 248 g/mol. The highest BCUT2D eigenvalue weighted by Gasteiger charge is 2.35. The van der Waals surface area contributed by atoms with Crippen molar-refractivity contribution in [3.63, 3.8) is 0 Å². The lowest BCUT2D eigenvalue weighted by atomic mass is 9.83. The van der Waals surface area contributed by atoms with Crippen LogP contribution < -0.4 is 0 Å². The van der Waals surface area contributed by atoms with E-state index in [4.69, 9.17) is 0 Å². The Morgan fingerprint density at radius 1 is 0.938 bits per heavy atom. The minimum Gasteiger partial charge on any atom is -0.760 e. The van der Waals surface area contributed by atoms with Crippen LogP contribution in [0.2, 0.25) is 0 Å². The molecule has 0 amide bonds.